The van der Waals surface area contributed by atoms with Crippen molar-refractivity contribution >= 4 is 17.6 Å². The number of halogens is 1. The molecule has 126 valence electrons. The van der Waals surface area contributed by atoms with Gasteiger partial charge in [0.25, 0.3) is 0 Å². The maximum Gasteiger partial charge on any atom is 0.338 e. The van der Waals surface area contributed by atoms with Gasteiger partial charge in [-0.05, 0) is 31.9 Å². The Morgan fingerprint density at radius 3 is 2.88 bits per heavy atom. The minimum absolute atomic E-state index is 0.113. The van der Waals surface area contributed by atoms with Gasteiger partial charge >= 0.3 is 5.97 Å². The van der Waals surface area contributed by atoms with Crippen LogP contribution in [0.25, 0.3) is 0 Å². The van der Waals surface area contributed by atoms with Crippen molar-refractivity contribution in [2.24, 2.45) is 0 Å². The fourth-order valence-electron chi connectivity index (χ4n) is 2.76. The van der Waals surface area contributed by atoms with Gasteiger partial charge in [-0.2, -0.15) is 0 Å². The average Bonchev–Trinajstić information content (AvgIpc) is 2.59. The molecular formula is C19H19ClO4. The van der Waals surface area contributed by atoms with Crippen LogP contribution in [0.2, 0.25) is 5.02 Å². The summed E-state index contributed by atoms with van der Waals surface area (Å²) in [4.78, 5) is 12.1. The monoisotopic (exact) mass is 346 g/mol. The topological polar surface area (TPSA) is 44.8 Å². The van der Waals surface area contributed by atoms with Crippen molar-refractivity contribution in [2.75, 3.05) is 7.11 Å². The van der Waals surface area contributed by atoms with Gasteiger partial charge in [0.1, 0.15) is 18.1 Å². The average molecular weight is 347 g/mol. The van der Waals surface area contributed by atoms with E-state index in [1.165, 1.54) is 7.11 Å². The Morgan fingerprint density at radius 2 is 2.12 bits per heavy atom. The number of hydrogen-bond acceptors (Lipinski definition) is 4. The zero-order chi connectivity index (χ0) is 17.1. The molecule has 1 atom stereocenters. The van der Waals surface area contributed by atoms with Crippen LogP contribution in [0, 0.1) is 0 Å². The highest BCUT2D eigenvalue weighted by molar-refractivity contribution is 6.31. The van der Waals surface area contributed by atoms with Crippen molar-refractivity contribution in [2.45, 2.75) is 32.5 Å². The molecule has 0 aliphatic carbocycles. The zero-order valence-electron chi connectivity index (χ0n) is 13.7. The highest BCUT2D eigenvalue weighted by Crippen LogP contribution is 2.35. The molecule has 0 radical (unpaired) electrons. The summed E-state index contributed by atoms with van der Waals surface area (Å²) in [5.41, 5.74) is 2.26. The van der Waals surface area contributed by atoms with Crippen LogP contribution in [0.15, 0.2) is 36.4 Å². The van der Waals surface area contributed by atoms with Crippen LogP contribution in [-0.4, -0.2) is 19.2 Å². The first-order valence-electron chi connectivity index (χ1n) is 7.86. The quantitative estimate of drug-likeness (QED) is 0.769. The molecule has 5 heteroatoms. The summed E-state index contributed by atoms with van der Waals surface area (Å²) in [6.07, 6.45) is 1.77. The van der Waals surface area contributed by atoms with Gasteiger partial charge in [0.15, 0.2) is 0 Å². The lowest BCUT2D eigenvalue weighted by Gasteiger charge is -2.25. The molecule has 0 amide bonds. The van der Waals surface area contributed by atoms with Crippen molar-refractivity contribution < 1.29 is 19.0 Å². The summed E-state index contributed by atoms with van der Waals surface area (Å²) in [7, 11) is 1.37. The molecule has 4 nitrogen and oxygen atoms in total. The Balaban J connectivity index is 1.89. The van der Waals surface area contributed by atoms with Crippen molar-refractivity contribution in [3.63, 3.8) is 0 Å². The Labute approximate surface area is 146 Å². The van der Waals surface area contributed by atoms with Crippen LogP contribution in [0.5, 0.6) is 11.5 Å². The van der Waals surface area contributed by atoms with Gasteiger partial charge in [-0.15, -0.1) is 0 Å². The standard InChI is InChI=1S/C19H19ClO4/c1-12-7-8-15-16(19(21)22-2)9-14(10-18(15)24-12)23-11-13-5-3-4-6-17(13)20/h3-6,9-10,12H,7-8,11H2,1-2H3. The van der Waals surface area contributed by atoms with Crippen LogP contribution in [0.4, 0.5) is 0 Å². The summed E-state index contributed by atoms with van der Waals surface area (Å²) in [5, 5.41) is 0.647. The van der Waals surface area contributed by atoms with Crippen LogP contribution in [0.1, 0.15) is 34.8 Å². The lowest BCUT2D eigenvalue weighted by molar-refractivity contribution is 0.0596. The van der Waals surface area contributed by atoms with Crippen molar-refractivity contribution in [1.29, 1.82) is 0 Å². The third-order valence-corrected chi connectivity index (χ3v) is 4.44. The van der Waals surface area contributed by atoms with E-state index in [2.05, 4.69) is 0 Å². The van der Waals surface area contributed by atoms with Gasteiger partial charge in [0.2, 0.25) is 0 Å². The highest BCUT2D eigenvalue weighted by atomic mass is 35.5. The molecule has 1 unspecified atom stereocenters. The molecule has 2 aromatic rings. The third kappa shape index (κ3) is 3.49. The van der Waals surface area contributed by atoms with Gasteiger partial charge in [0, 0.05) is 22.2 Å². The predicted molar refractivity (Wildman–Crippen MR) is 92.0 cm³/mol. The number of methoxy groups -OCH3 is 1. The summed E-state index contributed by atoms with van der Waals surface area (Å²) in [5.74, 6) is 0.863. The predicted octanol–water partition coefficient (Wildman–Crippen LogP) is 4.42. The summed E-state index contributed by atoms with van der Waals surface area (Å²) in [6, 6.07) is 11.0. The molecule has 24 heavy (non-hydrogen) atoms. The summed E-state index contributed by atoms with van der Waals surface area (Å²) >= 11 is 6.15. The smallest absolute Gasteiger partial charge is 0.338 e. The van der Waals surface area contributed by atoms with Gasteiger partial charge in [-0.1, -0.05) is 29.8 Å². The number of carbonyl (C=O) groups excluding carboxylic acids is 1. The van der Waals surface area contributed by atoms with Crippen molar-refractivity contribution in [3.05, 3.63) is 58.1 Å². The molecule has 0 saturated carbocycles. The fourth-order valence-corrected chi connectivity index (χ4v) is 2.95. The number of carbonyl (C=O) groups is 1. The minimum Gasteiger partial charge on any atom is -0.490 e. The Hall–Kier alpha value is -2.20. The third-order valence-electron chi connectivity index (χ3n) is 4.07. The number of fused-ring (bicyclic) bond motifs is 1. The molecule has 1 heterocycles. The van der Waals surface area contributed by atoms with Crippen molar-refractivity contribution in [1.82, 2.24) is 0 Å². The second kappa shape index (κ2) is 7.14. The van der Waals surface area contributed by atoms with E-state index in [4.69, 9.17) is 25.8 Å². The van der Waals surface area contributed by atoms with E-state index in [-0.39, 0.29) is 12.1 Å². The second-order valence-electron chi connectivity index (χ2n) is 5.79. The number of benzene rings is 2. The first-order valence-corrected chi connectivity index (χ1v) is 8.24. The van der Waals surface area contributed by atoms with E-state index in [9.17, 15) is 4.79 Å². The number of rotatable bonds is 4. The molecule has 1 aliphatic rings. The highest BCUT2D eigenvalue weighted by Gasteiger charge is 2.24. The number of hydrogen-bond donors (Lipinski definition) is 0. The zero-order valence-corrected chi connectivity index (χ0v) is 14.4. The number of ether oxygens (including phenoxy) is 3. The lowest BCUT2D eigenvalue weighted by atomic mass is 9.97. The van der Waals surface area contributed by atoms with Gasteiger partial charge in [0.05, 0.1) is 18.8 Å². The lowest BCUT2D eigenvalue weighted by Crippen LogP contribution is -2.21. The largest absolute Gasteiger partial charge is 0.490 e. The van der Waals surface area contributed by atoms with E-state index in [1.54, 1.807) is 6.07 Å². The summed E-state index contributed by atoms with van der Waals surface area (Å²) < 4.78 is 16.6. The normalized spacial score (nSPS) is 16.0. The van der Waals surface area contributed by atoms with E-state index in [0.29, 0.717) is 28.7 Å². The molecule has 2 aromatic carbocycles. The SMILES string of the molecule is COC(=O)c1cc(OCc2ccccc2Cl)cc2c1CCC(C)O2. The maximum absolute atomic E-state index is 12.1. The van der Waals surface area contributed by atoms with E-state index < -0.39 is 0 Å². The minimum atomic E-state index is -0.382. The van der Waals surface area contributed by atoms with E-state index in [1.807, 2.05) is 37.3 Å². The van der Waals surface area contributed by atoms with Crippen LogP contribution in [-0.2, 0) is 17.8 Å². The Kier molecular flexibility index (Phi) is 4.95. The molecule has 3 rings (SSSR count). The molecule has 0 N–H and O–H groups in total. The van der Waals surface area contributed by atoms with Crippen molar-refractivity contribution in [3.8, 4) is 11.5 Å². The molecule has 0 spiro atoms. The molecule has 0 aromatic heterocycles. The van der Waals surface area contributed by atoms with E-state index >= 15 is 0 Å². The fraction of sp³-hybridized carbons (Fsp3) is 0.316. The van der Waals surface area contributed by atoms with Crippen LogP contribution >= 0.6 is 11.6 Å². The first-order chi connectivity index (χ1) is 11.6. The maximum atomic E-state index is 12.1. The molecule has 0 saturated heterocycles. The Morgan fingerprint density at radius 1 is 1.33 bits per heavy atom. The molecule has 0 bridgehead atoms. The molecular weight excluding hydrogens is 328 g/mol. The van der Waals surface area contributed by atoms with Gasteiger partial charge in [-0.3, -0.25) is 0 Å². The van der Waals surface area contributed by atoms with E-state index in [0.717, 1.165) is 24.0 Å². The molecule has 0 fully saturated rings. The van der Waals surface area contributed by atoms with Gasteiger partial charge in [-0.25, -0.2) is 4.79 Å². The van der Waals surface area contributed by atoms with Crippen LogP contribution in [0.3, 0.4) is 0 Å². The molecule has 1 aliphatic heterocycles. The second-order valence-corrected chi connectivity index (χ2v) is 6.19. The first kappa shape index (κ1) is 16.7. The summed E-state index contributed by atoms with van der Waals surface area (Å²) in [6.45, 7) is 2.33. The van der Waals surface area contributed by atoms with Gasteiger partial charge < -0.3 is 14.2 Å². The van der Waals surface area contributed by atoms with Crippen LogP contribution < -0.4 is 9.47 Å². The number of esters is 1. The Bertz CT molecular complexity index is 757.